The summed E-state index contributed by atoms with van der Waals surface area (Å²) in [6, 6.07) is 7.66. The van der Waals surface area contributed by atoms with Crippen LogP contribution in [0.1, 0.15) is 36.7 Å². The molecule has 2 aliphatic heterocycles. The zero-order chi connectivity index (χ0) is 19.5. The van der Waals surface area contributed by atoms with Gasteiger partial charge in [-0.05, 0) is 43.8 Å². The van der Waals surface area contributed by atoms with Crippen molar-refractivity contribution in [1.82, 2.24) is 25.3 Å². The van der Waals surface area contributed by atoms with E-state index in [1.54, 1.807) is 4.90 Å². The van der Waals surface area contributed by atoms with E-state index < -0.39 is 0 Å². The smallest absolute Gasteiger partial charge is 0.275 e. The highest BCUT2D eigenvalue weighted by Gasteiger charge is 2.29. The van der Waals surface area contributed by atoms with Gasteiger partial charge in [0.05, 0.1) is 5.52 Å². The molecule has 3 heterocycles. The molecule has 2 N–H and O–H groups in total. The maximum absolute atomic E-state index is 12.9. The Balaban J connectivity index is 1.31. The molecule has 2 atom stereocenters. The lowest BCUT2D eigenvalue weighted by atomic mass is 9.85. The van der Waals surface area contributed by atoms with E-state index in [4.69, 9.17) is 0 Å². The van der Waals surface area contributed by atoms with Crippen LogP contribution in [0, 0.1) is 11.8 Å². The number of para-hydroxylation sites is 1. The summed E-state index contributed by atoms with van der Waals surface area (Å²) in [6.07, 6.45) is 3.01. The molecule has 2 amide bonds. The molecule has 7 heteroatoms. The highest BCUT2D eigenvalue weighted by atomic mass is 16.2. The summed E-state index contributed by atoms with van der Waals surface area (Å²) in [5, 5.41) is 11.4. The summed E-state index contributed by atoms with van der Waals surface area (Å²) in [5.41, 5.74) is 1.33. The predicted molar refractivity (Wildman–Crippen MR) is 108 cm³/mol. The first-order valence-corrected chi connectivity index (χ1v) is 10.3. The van der Waals surface area contributed by atoms with Crippen molar-refractivity contribution in [2.45, 2.75) is 26.2 Å². The highest BCUT2D eigenvalue weighted by molar-refractivity contribution is 6.04. The Labute approximate surface area is 165 Å². The number of benzene rings is 1. The van der Waals surface area contributed by atoms with Gasteiger partial charge in [0.1, 0.15) is 0 Å². The quantitative estimate of drug-likeness (QED) is 0.845. The van der Waals surface area contributed by atoms with Gasteiger partial charge in [0, 0.05) is 38.0 Å². The molecular formula is C21H29N5O2. The average molecular weight is 383 g/mol. The Hall–Kier alpha value is -2.41. The molecule has 0 spiro atoms. The molecule has 2 unspecified atom stereocenters. The Bertz CT molecular complexity index is 834. The second kappa shape index (κ2) is 8.31. The number of carbonyl (C=O) groups is 2. The topological polar surface area (TPSA) is 81.3 Å². The molecule has 0 bridgehead atoms. The highest BCUT2D eigenvalue weighted by Crippen LogP contribution is 2.24. The molecule has 150 valence electrons. The second-order valence-electron chi connectivity index (χ2n) is 8.08. The van der Waals surface area contributed by atoms with E-state index in [2.05, 4.69) is 22.4 Å². The van der Waals surface area contributed by atoms with Gasteiger partial charge in [-0.3, -0.25) is 14.7 Å². The molecule has 7 nitrogen and oxygen atoms in total. The number of nitrogens with one attached hydrogen (secondary N) is 2. The lowest BCUT2D eigenvalue weighted by Crippen LogP contribution is -2.51. The number of hydrogen-bond donors (Lipinski definition) is 2. The number of H-pyrrole nitrogens is 1. The van der Waals surface area contributed by atoms with Crippen molar-refractivity contribution in [3.63, 3.8) is 0 Å². The molecule has 2 aliphatic rings. The van der Waals surface area contributed by atoms with Crippen LogP contribution in [0.5, 0.6) is 0 Å². The Morgan fingerprint density at radius 2 is 1.93 bits per heavy atom. The normalized spacial score (nSPS) is 21.7. The van der Waals surface area contributed by atoms with Crippen LogP contribution >= 0.6 is 0 Å². The molecule has 2 fully saturated rings. The van der Waals surface area contributed by atoms with E-state index in [0.29, 0.717) is 50.1 Å². The molecule has 4 rings (SSSR count). The van der Waals surface area contributed by atoms with Crippen LogP contribution in [-0.2, 0) is 4.79 Å². The van der Waals surface area contributed by atoms with Crippen molar-refractivity contribution in [1.29, 1.82) is 0 Å². The number of piperazine rings is 1. The van der Waals surface area contributed by atoms with E-state index in [1.807, 2.05) is 29.2 Å². The fourth-order valence-electron chi connectivity index (χ4n) is 4.37. The third-order valence-electron chi connectivity index (χ3n) is 6.23. The summed E-state index contributed by atoms with van der Waals surface area (Å²) >= 11 is 0. The van der Waals surface area contributed by atoms with Gasteiger partial charge in [0.25, 0.3) is 5.91 Å². The number of rotatable bonds is 4. The summed E-state index contributed by atoms with van der Waals surface area (Å²) in [7, 11) is 0. The third-order valence-corrected chi connectivity index (χ3v) is 6.23. The van der Waals surface area contributed by atoms with Crippen molar-refractivity contribution in [3.05, 3.63) is 30.0 Å². The summed E-state index contributed by atoms with van der Waals surface area (Å²) < 4.78 is 0. The molecule has 2 aromatic rings. The molecule has 1 aromatic carbocycles. The lowest BCUT2D eigenvalue weighted by Gasteiger charge is -2.36. The zero-order valence-corrected chi connectivity index (χ0v) is 16.5. The van der Waals surface area contributed by atoms with Crippen molar-refractivity contribution in [2.24, 2.45) is 11.8 Å². The molecule has 1 aromatic heterocycles. The summed E-state index contributed by atoms with van der Waals surface area (Å²) in [4.78, 5) is 29.3. The Morgan fingerprint density at radius 1 is 1.18 bits per heavy atom. The van der Waals surface area contributed by atoms with Gasteiger partial charge >= 0.3 is 0 Å². The van der Waals surface area contributed by atoms with Crippen LogP contribution in [0.4, 0.5) is 0 Å². The van der Waals surface area contributed by atoms with Crippen LogP contribution in [-0.4, -0.2) is 71.1 Å². The average Bonchev–Trinajstić information content (AvgIpc) is 3.18. The van der Waals surface area contributed by atoms with E-state index in [0.717, 1.165) is 24.0 Å². The SMILES string of the molecule is CC(CC(=O)N1CCN(C(=O)c2n[nH]c3ccccc23)CC1)C1CCCNC1. The fraction of sp³-hybridized carbons (Fsp3) is 0.571. The minimum absolute atomic E-state index is 0.0637. The minimum atomic E-state index is -0.0637. The van der Waals surface area contributed by atoms with E-state index >= 15 is 0 Å². The summed E-state index contributed by atoms with van der Waals surface area (Å²) in [6.45, 7) is 6.63. The number of piperidine rings is 1. The third kappa shape index (κ3) is 3.90. The maximum atomic E-state index is 12.9. The van der Waals surface area contributed by atoms with Gasteiger partial charge in [-0.1, -0.05) is 25.1 Å². The number of fused-ring (bicyclic) bond motifs is 1. The standard InChI is InChI=1S/C21H29N5O2/c1-15(16-5-4-8-22-14-16)13-19(27)25-9-11-26(12-10-25)21(28)20-17-6-2-3-7-18(17)23-24-20/h2-3,6-7,15-16,22H,4-5,8-14H2,1H3,(H,23,24). The van der Waals surface area contributed by atoms with Crippen LogP contribution in [0.15, 0.2) is 24.3 Å². The van der Waals surface area contributed by atoms with Gasteiger partial charge in [0.15, 0.2) is 5.69 Å². The molecule has 0 aliphatic carbocycles. The minimum Gasteiger partial charge on any atom is -0.339 e. The van der Waals surface area contributed by atoms with E-state index in [9.17, 15) is 9.59 Å². The zero-order valence-electron chi connectivity index (χ0n) is 16.5. The van der Waals surface area contributed by atoms with Gasteiger partial charge in [0.2, 0.25) is 5.91 Å². The van der Waals surface area contributed by atoms with E-state index in [-0.39, 0.29) is 11.8 Å². The van der Waals surface area contributed by atoms with Gasteiger partial charge in [-0.15, -0.1) is 0 Å². The number of nitrogens with zero attached hydrogens (tertiary/aromatic N) is 3. The molecule has 0 saturated carbocycles. The van der Waals surface area contributed by atoms with Crippen molar-refractivity contribution >= 4 is 22.7 Å². The first-order valence-electron chi connectivity index (χ1n) is 10.3. The van der Waals surface area contributed by atoms with Crippen LogP contribution in [0.3, 0.4) is 0 Å². The van der Waals surface area contributed by atoms with Gasteiger partial charge in [-0.2, -0.15) is 5.10 Å². The van der Waals surface area contributed by atoms with Crippen molar-refractivity contribution in [2.75, 3.05) is 39.3 Å². The first kappa shape index (κ1) is 18.9. The molecule has 28 heavy (non-hydrogen) atoms. The van der Waals surface area contributed by atoms with Crippen molar-refractivity contribution < 1.29 is 9.59 Å². The molecular weight excluding hydrogens is 354 g/mol. The van der Waals surface area contributed by atoms with Crippen LogP contribution < -0.4 is 5.32 Å². The predicted octanol–water partition coefficient (Wildman–Crippen LogP) is 1.87. The Kier molecular flexibility index (Phi) is 5.62. The second-order valence-corrected chi connectivity index (χ2v) is 8.08. The maximum Gasteiger partial charge on any atom is 0.275 e. The van der Waals surface area contributed by atoms with Crippen LogP contribution in [0.25, 0.3) is 10.9 Å². The van der Waals surface area contributed by atoms with Crippen molar-refractivity contribution in [3.8, 4) is 0 Å². The number of hydrogen-bond acceptors (Lipinski definition) is 4. The van der Waals surface area contributed by atoms with Gasteiger partial charge in [-0.25, -0.2) is 0 Å². The number of amides is 2. The summed E-state index contributed by atoms with van der Waals surface area (Å²) in [5.74, 6) is 1.14. The molecule has 2 saturated heterocycles. The largest absolute Gasteiger partial charge is 0.339 e. The number of carbonyl (C=O) groups excluding carboxylic acids is 2. The lowest BCUT2D eigenvalue weighted by molar-refractivity contribution is -0.134. The molecule has 0 radical (unpaired) electrons. The number of aromatic amines is 1. The Morgan fingerprint density at radius 3 is 2.68 bits per heavy atom. The monoisotopic (exact) mass is 383 g/mol. The van der Waals surface area contributed by atoms with Crippen LogP contribution in [0.2, 0.25) is 0 Å². The fourth-order valence-corrected chi connectivity index (χ4v) is 4.37. The van der Waals surface area contributed by atoms with E-state index in [1.165, 1.54) is 12.8 Å². The van der Waals surface area contributed by atoms with Gasteiger partial charge < -0.3 is 15.1 Å². The first-order chi connectivity index (χ1) is 13.6. The number of aromatic nitrogens is 2.